The Bertz CT molecular complexity index is 778. The fourth-order valence-electron chi connectivity index (χ4n) is 2.36. The predicted molar refractivity (Wildman–Crippen MR) is 88.6 cm³/mol. The fourth-order valence-corrected chi connectivity index (χ4v) is 2.47. The van der Waals surface area contributed by atoms with Crippen molar-refractivity contribution in [3.63, 3.8) is 0 Å². The number of hydrogen-bond donors (Lipinski definition) is 1. The van der Waals surface area contributed by atoms with Crippen LogP contribution in [0, 0.1) is 6.92 Å². The lowest BCUT2D eigenvalue weighted by Gasteiger charge is -2.08. The van der Waals surface area contributed by atoms with Gasteiger partial charge in [-0.15, -0.1) is 5.10 Å². The molecule has 5 heteroatoms. The van der Waals surface area contributed by atoms with E-state index in [1.807, 2.05) is 35.9 Å². The molecule has 1 aromatic heterocycles. The maximum atomic E-state index is 6.09. The summed E-state index contributed by atoms with van der Waals surface area (Å²) >= 11 is 6.09. The SMILES string of the molecule is Cc1cc(-c2cnnn2Cc2ccc(CN)cc2)ccc1Cl. The predicted octanol–water partition coefficient (Wildman–Crippen LogP) is 3.41. The number of hydrogen-bond acceptors (Lipinski definition) is 3. The van der Waals surface area contributed by atoms with Crippen LogP contribution in [0.1, 0.15) is 16.7 Å². The molecule has 0 saturated carbocycles. The standard InChI is InChI=1S/C17H17ClN4/c1-12-8-15(6-7-16(12)18)17-10-20-21-22(17)11-14-4-2-13(9-19)3-5-14/h2-8,10H,9,11,19H2,1H3. The Labute approximate surface area is 134 Å². The van der Waals surface area contributed by atoms with Crippen LogP contribution >= 0.6 is 11.6 Å². The molecule has 0 radical (unpaired) electrons. The first-order valence-electron chi connectivity index (χ1n) is 7.10. The van der Waals surface area contributed by atoms with Crippen LogP contribution in [0.4, 0.5) is 0 Å². The van der Waals surface area contributed by atoms with Gasteiger partial charge in [-0.1, -0.05) is 47.1 Å². The summed E-state index contributed by atoms with van der Waals surface area (Å²) in [5.41, 5.74) is 11.0. The molecule has 112 valence electrons. The first-order chi connectivity index (χ1) is 10.7. The largest absolute Gasteiger partial charge is 0.326 e. The average molecular weight is 313 g/mol. The number of rotatable bonds is 4. The lowest BCUT2D eigenvalue weighted by atomic mass is 10.1. The van der Waals surface area contributed by atoms with Gasteiger partial charge in [0.15, 0.2) is 0 Å². The van der Waals surface area contributed by atoms with Crippen molar-refractivity contribution in [3.8, 4) is 11.3 Å². The number of aromatic nitrogens is 3. The van der Waals surface area contributed by atoms with Crippen LogP contribution < -0.4 is 5.73 Å². The van der Waals surface area contributed by atoms with E-state index in [4.69, 9.17) is 17.3 Å². The van der Waals surface area contributed by atoms with Crippen LogP contribution in [0.2, 0.25) is 5.02 Å². The van der Waals surface area contributed by atoms with E-state index < -0.39 is 0 Å². The zero-order valence-electron chi connectivity index (χ0n) is 12.3. The summed E-state index contributed by atoms with van der Waals surface area (Å²) < 4.78 is 1.89. The molecule has 0 saturated heterocycles. The van der Waals surface area contributed by atoms with Gasteiger partial charge in [0.2, 0.25) is 0 Å². The highest BCUT2D eigenvalue weighted by atomic mass is 35.5. The fraction of sp³-hybridized carbons (Fsp3) is 0.176. The Morgan fingerprint density at radius 2 is 1.82 bits per heavy atom. The van der Waals surface area contributed by atoms with E-state index in [0.29, 0.717) is 13.1 Å². The van der Waals surface area contributed by atoms with E-state index >= 15 is 0 Å². The third-order valence-electron chi connectivity index (χ3n) is 3.66. The van der Waals surface area contributed by atoms with Gasteiger partial charge in [-0.05, 0) is 35.7 Å². The van der Waals surface area contributed by atoms with Gasteiger partial charge in [0.1, 0.15) is 0 Å². The second-order valence-electron chi connectivity index (χ2n) is 5.26. The zero-order valence-corrected chi connectivity index (χ0v) is 13.1. The molecule has 0 spiro atoms. The Hall–Kier alpha value is -2.17. The molecule has 0 bridgehead atoms. The van der Waals surface area contributed by atoms with Crippen molar-refractivity contribution in [2.45, 2.75) is 20.0 Å². The van der Waals surface area contributed by atoms with Crippen molar-refractivity contribution in [3.05, 3.63) is 70.4 Å². The third kappa shape index (κ3) is 3.03. The molecular formula is C17H17ClN4. The van der Waals surface area contributed by atoms with Gasteiger partial charge in [-0.3, -0.25) is 0 Å². The molecule has 0 aliphatic rings. The molecule has 3 rings (SSSR count). The average Bonchev–Trinajstić information content (AvgIpc) is 2.99. The minimum Gasteiger partial charge on any atom is -0.326 e. The van der Waals surface area contributed by atoms with Crippen LogP contribution in [0.15, 0.2) is 48.7 Å². The van der Waals surface area contributed by atoms with Gasteiger partial charge in [-0.2, -0.15) is 0 Å². The van der Waals surface area contributed by atoms with Gasteiger partial charge < -0.3 is 5.73 Å². The Kier molecular flexibility index (Phi) is 4.22. The van der Waals surface area contributed by atoms with Crippen LogP contribution in [-0.4, -0.2) is 15.0 Å². The number of benzene rings is 2. The van der Waals surface area contributed by atoms with E-state index in [1.54, 1.807) is 6.20 Å². The molecule has 22 heavy (non-hydrogen) atoms. The summed E-state index contributed by atoms with van der Waals surface area (Å²) in [4.78, 5) is 0. The first kappa shape index (κ1) is 14.8. The van der Waals surface area contributed by atoms with Crippen LogP contribution in [0.5, 0.6) is 0 Å². The number of nitrogens with two attached hydrogens (primary N) is 1. The zero-order chi connectivity index (χ0) is 15.5. The van der Waals surface area contributed by atoms with Crippen molar-refractivity contribution in [1.29, 1.82) is 0 Å². The van der Waals surface area contributed by atoms with Crippen LogP contribution in [0.25, 0.3) is 11.3 Å². The second kappa shape index (κ2) is 6.30. The summed E-state index contributed by atoms with van der Waals surface area (Å²) in [6.07, 6.45) is 1.77. The Balaban J connectivity index is 1.89. The molecule has 0 fully saturated rings. The van der Waals surface area contributed by atoms with Crippen molar-refractivity contribution in [1.82, 2.24) is 15.0 Å². The highest BCUT2D eigenvalue weighted by Gasteiger charge is 2.08. The highest BCUT2D eigenvalue weighted by Crippen LogP contribution is 2.24. The van der Waals surface area contributed by atoms with Crippen LogP contribution in [-0.2, 0) is 13.1 Å². The maximum Gasteiger partial charge on any atom is 0.0889 e. The van der Waals surface area contributed by atoms with E-state index in [-0.39, 0.29) is 0 Å². The summed E-state index contributed by atoms with van der Waals surface area (Å²) in [6, 6.07) is 14.2. The monoisotopic (exact) mass is 312 g/mol. The van der Waals surface area contributed by atoms with Gasteiger partial charge >= 0.3 is 0 Å². The quantitative estimate of drug-likeness (QED) is 0.803. The molecule has 0 amide bonds. The first-order valence-corrected chi connectivity index (χ1v) is 7.48. The number of nitrogens with zero attached hydrogens (tertiary/aromatic N) is 3. The molecule has 2 N–H and O–H groups in total. The van der Waals surface area contributed by atoms with Crippen molar-refractivity contribution >= 4 is 11.6 Å². The van der Waals surface area contributed by atoms with Gasteiger partial charge in [0.25, 0.3) is 0 Å². The molecule has 4 nitrogen and oxygen atoms in total. The smallest absolute Gasteiger partial charge is 0.0889 e. The van der Waals surface area contributed by atoms with Gasteiger partial charge in [0, 0.05) is 17.1 Å². The van der Waals surface area contributed by atoms with E-state index in [0.717, 1.165) is 33.0 Å². The summed E-state index contributed by atoms with van der Waals surface area (Å²) in [7, 11) is 0. The topological polar surface area (TPSA) is 56.7 Å². The molecule has 0 aliphatic carbocycles. The second-order valence-corrected chi connectivity index (χ2v) is 5.67. The summed E-state index contributed by atoms with van der Waals surface area (Å²) in [5, 5.41) is 9.00. The van der Waals surface area contributed by atoms with E-state index in [2.05, 4.69) is 28.5 Å². The Morgan fingerprint density at radius 1 is 1.09 bits per heavy atom. The minimum atomic E-state index is 0.554. The summed E-state index contributed by atoms with van der Waals surface area (Å²) in [5.74, 6) is 0. The number of halogens is 1. The minimum absolute atomic E-state index is 0.554. The lowest BCUT2D eigenvalue weighted by Crippen LogP contribution is -2.04. The van der Waals surface area contributed by atoms with Gasteiger partial charge in [-0.25, -0.2) is 4.68 Å². The maximum absolute atomic E-state index is 6.09. The highest BCUT2D eigenvalue weighted by molar-refractivity contribution is 6.31. The van der Waals surface area contributed by atoms with Crippen molar-refractivity contribution in [2.75, 3.05) is 0 Å². The molecule has 0 atom stereocenters. The van der Waals surface area contributed by atoms with Crippen molar-refractivity contribution in [2.24, 2.45) is 5.73 Å². The summed E-state index contributed by atoms with van der Waals surface area (Å²) in [6.45, 7) is 3.21. The van der Waals surface area contributed by atoms with E-state index in [9.17, 15) is 0 Å². The molecule has 0 aliphatic heterocycles. The molecule has 2 aromatic carbocycles. The van der Waals surface area contributed by atoms with Gasteiger partial charge in [0.05, 0.1) is 18.4 Å². The molecule has 1 heterocycles. The normalized spacial score (nSPS) is 10.9. The van der Waals surface area contributed by atoms with Crippen molar-refractivity contribution < 1.29 is 0 Å². The van der Waals surface area contributed by atoms with E-state index in [1.165, 1.54) is 0 Å². The van der Waals surface area contributed by atoms with Crippen LogP contribution in [0.3, 0.4) is 0 Å². The third-order valence-corrected chi connectivity index (χ3v) is 4.09. The molecular weight excluding hydrogens is 296 g/mol. The molecule has 0 unspecified atom stereocenters. The molecule has 3 aromatic rings. The lowest BCUT2D eigenvalue weighted by molar-refractivity contribution is 0.655. The number of aryl methyl sites for hydroxylation is 1. The Morgan fingerprint density at radius 3 is 2.50 bits per heavy atom.